The van der Waals surface area contributed by atoms with Gasteiger partial charge >= 0.3 is 0 Å². The summed E-state index contributed by atoms with van der Waals surface area (Å²) in [7, 11) is 0. The fourth-order valence-electron chi connectivity index (χ4n) is 2.32. The van der Waals surface area contributed by atoms with Crippen LogP contribution in [-0.2, 0) is 4.79 Å². The number of aromatic nitrogens is 1. The van der Waals surface area contributed by atoms with Crippen molar-refractivity contribution in [1.82, 2.24) is 10.5 Å². The van der Waals surface area contributed by atoms with Gasteiger partial charge in [-0.1, -0.05) is 47.3 Å². The Kier molecular flexibility index (Phi) is 5.65. The third kappa shape index (κ3) is 5.06. The van der Waals surface area contributed by atoms with Gasteiger partial charge in [0.2, 0.25) is 5.91 Å². The summed E-state index contributed by atoms with van der Waals surface area (Å²) < 4.78 is 5.21. The molecule has 0 spiro atoms. The zero-order valence-corrected chi connectivity index (χ0v) is 14.7. The zero-order valence-electron chi connectivity index (χ0n) is 14.7. The molecular weight excluding hydrogens is 342 g/mol. The number of carbonyl (C=O) groups is 2. The van der Waals surface area contributed by atoms with Crippen LogP contribution >= 0.6 is 0 Å². The van der Waals surface area contributed by atoms with E-state index in [1.165, 1.54) is 6.92 Å². The van der Waals surface area contributed by atoms with Gasteiger partial charge in [0.25, 0.3) is 5.91 Å². The molecule has 0 saturated carbocycles. The van der Waals surface area contributed by atoms with E-state index in [0.717, 1.165) is 11.1 Å². The highest BCUT2D eigenvalue weighted by molar-refractivity contribution is 5.93. The molecule has 2 N–H and O–H groups in total. The van der Waals surface area contributed by atoms with E-state index in [-0.39, 0.29) is 24.1 Å². The predicted octanol–water partition coefficient (Wildman–Crippen LogP) is 3.08. The minimum atomic E-state index is -0.351. The van der Waals surface area contributed by atoms with Crippen molar-refractivity contribution in [2.24, 2.45) is 0 Å². The minimum Gasteiger partial charge on any atom is -0.355 e. The van der Waals surface area contributed by atoms with Crippen LogP contribution in [0.3, 0.4) is 0 Å². The Morgan fingerprint density at radius 1 is 1.07 bits per heavy atom. The lowest BCUT2D eigenvalue weighted by Gasteiger charge is -2.00. The molecule has 0 atom stereocenters. The van der Waals surface area contributed by atoms with Crippen molar-refractivity contribution in [3.63, 3.8) is 0 Å². The first-order valence-electron chi connectivity index (χ1n) is 8.29. The maximum Gasteiger partial charge on any atom is 0.274 e. The number of carbonyl (C=O) groups excluding carboxylic acids is 2. The van der Waals surface area contributed by atoms with Gasteiger partial charge in [-0.3, -0.25) is 9.59 Å². The van der Waals surface area contributed by atoms with Crippen LogP contribution in [0.15, 0.2) is 65.2 Å². The van der Waals surface area contributed by atoms with Crippen molar-refractivity contribution >= 4 is 17.5 Å². The molecule has 3 aromatic rings. The second-order valence-electron chi connectivity index (χ2n) is 5.69. The molecule has 134 valence electrons. The van der Waals surface area contributed by atoms with E-state index in [1.54, 1.807) is 30.3 Å². The van der Waals surface area contributed by atoms with Crippen LogP contribution in [0.5, 0.6) is 0 Å². The van der Waals surface area contributed by atoms with Gasteiger partial charge < -0.3 is 15.2 Å². The number of amides is 2. The topological polar surface area (TPSA) is 84.2 Å². The molecule has 0 fully saturated rings. The van der Waals surface area contributed by atoms with Crippen molar-refractivity contribution in [3.8, 4) is 23.2 Å². The van der Waals surface area contributed by atoms with Gasteiger partial charge in [-0.25, -0.2) is 0 Å². The summed E-state index contributed by atoms with van der Waals surface area (Å²) in [6.45, 7) is 1.63. The van der Waals surface area contributed by atoms with Crippen LogP contribution in [0.4, 0.5) is 5.69 Å². The van der Waals surface area contributed by atoms with E-state index in [9.17, 15) is 9.59 Å². The normalized spacial score (nSPS) is 9.81. The highest BCUT2D eigenvalue weighted by atomic mass is 16.5. The molecule has 1 heterocycles. The zero-order chi connectivity index (χ0) is 19.1. The summed E-state index contributed by atoms with van der Waals surface area (Å²) in [5.74, 6) is 5.87. The number of nitrogens with one attached hydrogen (secondary N) is 2. The van der Waals surface area contributed by atoms with Gasteiger partial charge in [0.15, 0.2) is 11.5 Å². The van der Waals surface area contributed by atoms with E-state index < -0.39 is 0 Å². The molecule has 1 aromatic heterocycles. The average molecular weight is 359 g/mol. The first-order chi connectivity index (χ1) is 13.1. The van der Waals surface area contributed by atoms with Crippen molar-refractivity contribution < 1.29 is 14.1 Å². The molecule has 0 bridgehead atoms. The summed E-state index contributed by atoms with van der Waals surface area (Å²) in [4.78, 5) is 23.1. The van der Waals surface area contributed by atoms with Crippen LogP contribution in [0.2, 0.25) is 0 Å². The molecule has 0 unspecified atom stereocenters. The quantitative estimate of drug-likeness (QED) is 0.701. The largest absolute Gasteiger partial charge is 0.355 e. The summed E-state index contributed by atoms with van der Waals surface area (Å²) >= 11 is 0. The Balaban J connectivity index is 1.54. The molecule has 0 saturated heterocycles. The number of rotatable bonds is 4. The molecule has 2 amide bonds. The van der Waals surface area contributed by atoms with E-state index in [1.807, 2.05) is 30.3 Å². The molecule has 2 aromatic carbocycles. The molecule has 3 rings (SSSR count). The monoisotopic (exact) mass is 359 g/mol. The Morgan fingerprint density at radius 2 is 1.81 bits per heavy atom. The minimum absolute atomic E-state index is 0.125. The van der Waals surface area contributed by atoms with E-state index >= 15 is 0 Å². The summed E-state index contributed by atoms with van der Waals surface area (Å²) in [6.07, 6.45) is 0. The van der Waals surface area contributed by atoms with Crippen LogP contribution in [0, 0.1) is 11.8 Å². The maximum absolute atomic E-state index is 12.1. The molecule has 6 nitrogen and oxygen atoms in total. The van der Waals surface area contributed by atoms with Crippen molar-refractivity contribution in [1.29, 1.82) is 0 Å². The van der Waals surface area contributed by atoms with Gasteiger partial charge in [-0.05, 0) is 24.3 Å². The number of benzene rings is 2. The van der Waals surface area contributed by atoms with Gasteiger partial charge in [0.05, 0.1) is 6.54 Å². The standard InChI is InChI=1S/C21H17N3O3/c1-15(25)23-18-11-9-16(10-12-18)6-5-13-22-21(26)19-14-20(27-24-19)17-7-3-2-4-8-17/h2-4,7-12,14H,13H2,1H3,(H,22,26)(H,23,25). The summed E-state index contributed by atoms with van der Waals surface area (Å²) in [5.41, 5.74) is 2.55. The van der Waals surface area contributed by atoms with Gasteiger partial charge in [-0.15, -0.1) is 0 Å². The predicted molar refractivity (Wildman–Crippen MR) is 102 cm³/mol. The van der Waals surface area contributed by atoms with E-state index in [4.69, 9.17) is 4.52 Å². The SMILES string of the molecule is CC(=O)Nc1ccc(C#CCNC(=O)c2cc(-c3ccccc3)on2)cc1. The second kappa shape index (κ2) is 8.50. The van der Waals surface area contributed by atoms with Crippen molar-refractivity contribution in [3.05, 3.63) is 71.9 Å². The highest BCUT2D eigenvalue weighted by Gasteiger charge is 2.12. The number of hydrogen-bond donors (Lipinski definition) is 2. The lowest BCUT2D eigenvalue weighted by atomic mass is 10.1. The Morgan fingerprint density at radius 3 is 2.52 bits per heavy atom. The number of nitrogens with zero attached hydrogens (tertiary/aromatic N) is 1. The van der Waals surface area contributed by atoms with Gasteiger partial charge in [0, 0.05) is 29.8 Å². The fourth-order valence-corrected chi connectivity index (χ4v) is 2.32. The first-order valence-corrected chi connectivity index (χ1v) is 8.29. The lowest BCUT2D eigenvalue weighted by Crippen LogP contribution is -2.23. The lowest BCUT2D eigenvalue weighted by molar-refractivity contribution is -0.114. The van der Waals surface area contributed by atoms with Crippen molar-refractivity contribution in [2.75, 3.05) is 11.9 Å². The van der Waals surface area contributed by atoms with Crippen LogP contribution in [0.25, 0.3) is 11.3 Å². The van der Waals surface area contributed by atoms with Crippen LogP contribution in [-0.4, -0.2) is 23.5 Å². The van der Waals surface area contributed by atoms with Crippen LogP contribution < -0.4 is 10.6 Å². The average Bonchev–Trinajstić information content (AvgIpc) is 3.17. The molecule has 0 radical (unpaired) electrons. The first kappa shape index (κ1) is 18.0. The van der Waals surface area contributed by atoms with Gasteiger partial charge in [0.1, 0.15) is 0 Å². The maximum atomic E-state index is 12.1. The molecule has 0 aliphatic heterocycles. The van der Waals surface area contributed by atoms with E-state index in [2.05, 4.69) is 27.6 Å². The summed E-state index contributed by atoms with van der Waals surface area (Å²) in [5, 5.41) is 9.16. The third-order valence-corrected chi connectivity index (χ3v) is 3.58. The molecule has 0 aliphatic carbocycles. The van der Waals surface area contributed by atoms with E-state index in [0.29, 0.717) is 11.4 Å². The third-order valence-electron chi connectivity index (χ3n) is 3.58. The van der Waals surface area contributed by atoms with Crippen LogP contribution in [0.1, 0.15) is 23.0 Å². The Hall–Kier alpha value is -3.85. The molecular formula is C21H17N3O3. The summed E-state index contributed by atoms with van der Waals surface area (Å²) in [6, 6.07) is 18.2. The smallest absolute Gasteiger partial charge is 0.274 e. The Labute approximate surface area is 156 Å². The van der Waals surface area contributed by atoms with Gasteiger partial charge in [-0.2, -0.15) is 0 Å². The Bertz CT molecular complexity index is 996. The molecule has 6 heteroatoms. The second-order valence-corrected chi connectivity index (χ2v) is 5.69. The molecule has 27 heavy (non-hydrogen) atoms. The fraction of sp³-hybridized carbons (Fsp3) is 0.0952. The number of anilines is 1. The highest BCUT2D eigenvalue weighted by Crippen LogP contribution is 2.19. The van der Waals surface area contributed by atoms with Crippen molar-refractivity contribution in [2.45, 2.75) is 6.92 Å². The number of hydrogen-bond acceptors (Lipinski definition) is 4. The molecule has 0 aliphatic rings.